The number of urea groups is 1. The van der Waals surface area contributed by atoms with Crippen LogP contribution in [-0.4, -0.2) is 43.6 Å². The van der Waals surface area contributed by atoms with Gasteiger partial charge in [0, 0.05) is 26.6 Å². The van der Waals surface area contributed by atoms with Gasteiger partial charge in [-0.1, -0.05) is 26.2 Å². The summed E-state index contributed by atoms with van der Waals surface area (Å²) in [5.41, 5.74) is 0. The molecule has 0 saturated heterocycles. The van der Waals surface area contributed by atoms with Crippen molar-refractivity contribution < 1.29 is 14.3 Å². The van der Waals surface area contributed by atoms with Gasteiger partial charge in [-0.15, -0.1) is 0 Å². The van der Waals surface area contributed by atoms with E-state index < -0.39 is 0 Å². The molecule has 5 heteroatoms. The maximum atomic E-state index is 11.7. The average molecular weight is 286 g/mol. The summed E-state index contributed by atoms with van der Waals surface area (Å²) in [4.78, 5) is 24.5. The predicted octanol–water partition coefficient (Wildman–Crippen LogP) is 2.94. The molecule has 0 atom stereocenters. The topological polar surface area (TPSA) is 58.6 Å². The van der Waals surface area contributed by atoms with Crippen LogP contribution in [0.2, 0.25) is 0 Å². The third-order valence-corrected chi connectivity index (χ3v) is 3.08. The highest BCUT2D eigenvalue weighted by Crippen LogP contribution is 2.01. The lowest BCUT2D eigenvalue weighted by atomic mass is 10.2. The summed E-state index contributed by atoms with van der Waals surface area (Å²) < 4.78 is 4.85. The quantitative estimate of drug-likeness (QED) is 0.469. The van der Waals surface area contributed by atoms with Crippen LogP contribution < -0.4 is 5.32 Å². The minimum Gasteiger partial charge on any atom is -0.466 e. The molecular formula is C15H30N2O3. The van der Waals surface area contributed by atoms with Crippen LogP contribution in [0.3, 0.4) is 0 Å². The van der Waals surface area contributed by atoms with E-state index in [0.717, 1.165) is 45.1 Å². The Balaban J connectivity index is 3.45. The first kappa shape index (κ1) is 18.7. The molecular weight excluding hydrogens is 256 g/mol. The Morgan fingerprint density at radius 2 is 1.80 bits per heavy atom. The number of carbonyl (C=O) groups excluding carboxylic acids is 2. The van der Waals surface area contributed by atoms with Crippen LogP contribution in [0.15, 0.2) is 0 Å². The molecule has 0 aliphatic heterocycles. The van der Waals surface area contributed by atoms with E-state index in [1.54, 1.807) is 4.90 Å². The molecule has 0 aliphatic rings. The molecule has 5 nitrogen and oxygen atoms in total. The first-order valence-corrected chi connectivity index (χ1v) is 7.76. The van der Waals surface area contributed by atoms with Crippen molar-refractivity contribution in [3.05, 3.63) is 0 Å². The molecule has 0 aliphatic carbocycles. The zero-order valence-corrected chi connectivity index (χ0v) is 13.2. The Morgan fingerprint density at radius 3 is 2.45 bits per heavy atom. The zero-order valence-electron chi connectivity index (χ0n) is 13.2. The molecule has 0 fully saturated rings. The van der Waals surface area contributed by atoms with Gasteiger partial charge in [0.2, 0.25) is 0 Å². The van der Waals surface area contributed by atoms with Crippen molar-refractivity contribution in [1.29, 1.82) is 0 Å². The molecule has 0 heterocycles. The Morgan fingerprint density at radius 1 is 1.05 bits per heavy atom. The van der Waals surface area contributed by atoms with Gasteiger partial charge in [0.25, 0.3) is 0 Å². The number of amides is 2. The number of nitrogens with zero attached hydrogens (tertiary/aromatic N) is 1. The van der Waals surface area contributed by atoms with Crippen molar-refractivity contribution in [2.24, 2.45) is 0 Å². The van der Waals surface area contributed by atoms with Crippen LogP contribution in [0.1, 0.15) is 58.8 Å². The van der Waals surface area contributed by atoms with Gasteiger partial charge in [-0.3, -0.25) is 4.79 Å². The lowest BCUT2D eigenvalue weighted by Gasteiger charge is -2.17. The average Bonchev–Trinajstić information content (AvgIpc) is 2.42. The molecule has 20 heavy (non-hydrogen) atoms. The summed E-state index contributed by atoms with van der Waals surface area (Å²) in [6, 6.07) is -0.00787. The van der Waals surface area contributed by atoms with Crippen molar-refractivity contribution in [1.82, 2.24) is 10.2 Å². The maximum Gasteiger partial charge on any atom is 0.317 e. The van der Waals surface area contributed by atoms with Gasteiger partial charge >= 0.3 is 12.0 Å². The van der Waals surface area contributed by atoms with Crippen LogP contribution in [0.25, 0.3) is 0 Å². The molecule has 0 unspecified atom stereocenters. The normalized spacial score (nSPS) is 10.2. The molecule has 0 saturated carbocycles. The van der Waals surface area contributed by atoms with Crippen molar-refractivity contribution in [2.45, 2.75) is 58.8 Å². The number of rotatable bonds is 11. The minimum atomic E-state index is -0.132. The molecule has 1 N–H and O–H groups in total. The van der Waals surface area contributed by atoms with E-state index in [-0.39, 0.29) is 12.0 Å². The molecule has 0 aromatic carbocycles. The predicted molar refractivity (Wildman–Crippen MR) is 80.7 cm³/mol. The standard InChI is InChI=1S/C15H30N2O3/c1-4-6-10-13-17(3)15(19)16-12-9-7-8-11-14(18)20-5-2/h4-13H2,1-3H3,(H,16,19). The fraction of sp³-hybridized carbons (Fsp3) is 0.867. The summed E-state index contributed by atoms with van der Waals surface area (Å²) in [5, 5.41) is 2.89. The van der Waals surface area contributed by atoms with Gasteiger partial charge in [-0.25, -0.2) is 4.79 Å². The van der Waals surface area contributed by atoms with E-state index >= 15 is 0 Å². The highest BCUT2D eigenvalue weighted by atomic mass is 16.5. The molecule has 0 radical (unpaired) electrons. The van der Waals surface area contributed by atoms with Crippen molar-refractivity contribution >= 4 is 12.0 Å². The van der Waals surface area contributed by atoms with E-state index in [1.807, 2.05) is 14.0 Å². The fourth-order valence-electron chi connectivity index (χ4n) is 1.84. The van der Waals surface area contributed by atoms with Crippen LogP contribution in [-0.2, 0) is 9.53 Å². The number of ether oxygens (including phenoxy) is 1. The van der Waals surface area contributed by atoms with Crippen LogP contribution in [0.5, 0.6) is 0 Å². The van der Waals surface area contributed by atoms with Gasteiger partial charge in [0.15, 0.2) is 0 Å². The Kier molecular flexibility index (Phi) is 12.0. The number of esters is 1. The third-order valence-electron chi connectivity index (χ3n) is 3.08. The second-order valence-corrected chi connectivity index (χ2v) is 4.98. The van der Waals surface area contributed by atoms with Gasteiger partial charge in [-0.2, -0.15) is 0 Å². The number of hydrogen-bond acceptors (Lipinski definition) is 3. The van der Waals surface area contributed by atoms with Crippen molar-refractivity contribution in [3.8, 4) is 0 Å². The molecule has 0 aromatic rings. The van der Waals surface area contributed by atoms with E-state index in [4.69, 9.17) is 4.74 Å². The van der Waals surface area contributed by atoms with Crippen LogP contribution in [0, 0.1) is 0 Å². The lowest BCUT2D eigenvalue weighted by molar-refractivity contribution is -0.143. The van der Waals surface area contributed by atoms with Crippen molar-refractivity contribution in [3.63, 3.8) is 0 Å². The molecule has 0 rings (SSSR count). The van der Waals surface area contributed by atoms with Gasteiger partial charge in [0.1, 0.15) is 0 Å². The Labute approximate surface area is 123 Å². The highest BCUT2D eigenvalue weighted by molar-refractivity contribution is 5.73. The molecule has 0 bridgehead atoms. The largest absolute Gasteiger partial charge is 0.466 e. The second kappa shape index (κ2) is 12.8. The number of unbranched alkanes of at least 4 members (excludes halogenated alkanes) is 4. The van der Waals surface area contributed by atoms with E-state index in [2.05, 4.69) is 12.2 Å². The van der Waals surface area contributed by atoms with Gasteiger partial charge in [0.05, 0.1) is 6.61 Å². The first-order valence-electron chi connectivity index (χ1n) is 7.76. The zero-order chi connectivity index (χ0) is 15.2. The Bertz CT molecular complexity index is 270. The van der Waals surface area contributed by atoms with Crippen LogP contribution >= 0.6 is 0 Å². The number of nitrogens with one attached hydrogen (secondary N) is 1. The van der Waals surface area contributed by atoms with Crippen LogP contribution in [0.4, 0.5) is 4.79 Å². The highest BCUT2D eigenvalue weighted by Gasteiger charge is 2.06. The second-order valence-electron chi connectivity index (χ2n) is 4.98. The third kappa shape index (κ3) is 10.6. The first-order chi connectivity index (χ1) is 9.61. The van der Waals surface area contributed by atoms with Gasteiger partial charge < -0.3 is 15.0 Å². The number of hydrogen-bond donors (Lipinski definition) is 1. The monoisotopic (exact) mass is 286 g/mol. The molecule has 0 spiro atoms. The molecule has 0 aromatic heterocycles. The maximum absolute atomic E-state index is 11.7. The van der Waals surface area contributed by atoms with E-state index in [9.17, 15) is 9.59 Å². The molecule has 118 valence electrons. The summed E-state index contributed by atoms with van der Waals surface area (Å²) >= 11 is 0. The smallest absolute Gasteiger partial charge is 0.317 e. The number of carbonyl (C=O) groups is 2. The van der Waals surface area contributed by atoms with Gasteiger partial charge in [-0.05, 0) is 26.2 Å². The summed E-state index contributed by atoms with van der Waals surface area (Å²) in [6.07, 6.45) is 6.49. The lowest BCUT2D eigenvalue weighted by Crippen LogP contribution is -2.38. The molecule has 2 amide bonds. The summed E-state index contributed by atoms with van der Waals surface area (Å²) in [6.45, 7) is 5.88. The Hall–Kier alpha value is -1.26. The summed E-state index contributed by atoms with van der Waals surface area (Å²) in [7, 11) is 1.83. The van der Waals surface area contributed by atoms with E-state index in [0.29, 0.717) is 19.6 Å². The van der Waals surface area contributed by atoms with E-state index in [1.165, 1.54) is 0 Å². The minimum absolute atomic E-state index is 0.00787. The SMILES string of the molecule is CCCCCN(C)C(=O)NCCCCCC(=O)OCC. The summed E-state index contributed by atoms with van der Waals surface area (Å²) in [5.74, 6) is -0.132. The van der Waals surface area contributed by atoms with Crippen molar-refractivity contribution in [2.75, 3.05) is 26.7 Å². The fourth-order valence-corrected chi connectivity index (χ4v) is 1.84.